The first-order chi connectivity index (χ1) is 10.1. The maximum atomic E-state index is 12.0. The molecule has 7 nitrogen and oxygen atoms in total. The molecule has 0 spiro atoms. The van der Waals surface area contributed by atoms with Gasteiger partial charge in [0.25, 0.3) is 11.5 Å². The highest BCUT2D eigenvalue weighted by atomic mass is 32.1. The van der Waals surface area contributed by atoms with Crippen LogP contribution in [0.2, 0.25) is 0 Å². The molecule has 1 aliphatic heterocycles. The third-order valence-corrected chi connectivity index (χ3v) is 3.53. The van der Waals surface area contributed by atoms with E-state index in [1.807, 2.05) is 13.8 Å². The van der Waals surface area contributed by atoms with Gasteiger partial charge in [0.15, 0.2) is 0 Å². The number of aliphatic hydroxyl groups is 1. The quantitative estimate of drug-likeness (QED) is 0.636. The number of nitrogens with zero attached hydrogens (tertiary/aromatic N) is 3. The predicted molar refractivity (Wildman–Crippen MR) is 76.0 cm³/mol. The van der Waals surface area contributed by atoms with Crippen molar-refractivity contribution in [1.29, 1.82) is 0 Å². The normalized spacial score (nSPS) is 17.9. The molecule has 1 aromatic heterocycles. The molecule has 1 aliphatic rings. The first kappa shape index (κ1) is 15.4. The van der Waals surface area contributed by atoms with Crippen LogP contribution in [0.25, 0.3) is 0 Å². The lowest BCUT2D eigenvalue weighted by molar-refractivity contribution is -0.244. The van der Waals surface area contributed by atoms with E-state index in [0.29, 0.717) is 18.0 Å². The number of carbonyl (C=O) groups excluding carboxylic acids is 1. The third-order valence-electron chi connectivity index (χ3n) is 2.87. The van der Waals surface area contributed by atoms with Crippen molar-refractivity contribution in [3.63, 3.8) is 0 Å². The Bertz CT molecular complexity index is 548. The van der Waals surface area contributed by atoms with E-state index in [9.17, 15) is 9.90 Å². The van der Waals surface area contributed by atoms with Crippen LogP contribution >= 0.6 is 11.3 Å². The highest BCUT2D eigenvalue weighted by Crippen LogP contribution is 2.34. The van der Waals surface area contributed by atoms with Crippen molar-refractivity contribution in [1.82, 2.24) is 4.98 Å². The number of azo groups is 1. The van der Waals surface area contributed by atoms with Crippen molar-refractivity contribution in [3.05, 3.63) is 23.2 Å². The smallest absolute Gasteiger partial charge is 0.369 e. The Kier molecular flexibility index (Phi) is 4.89. The molecule has 21 heavy (non-hydrogen) atoms. The van der Waals surface area contributed by atoms with Crippen LogP contribution in [0.5, 0.6) is 0 Å². The minimum absolute atomic E-state index is 0.340. The van der Waals surface area contributed by atoms with Gasteiger partial charge in [-0.15, -0.1) is 21.6 Å². The average molecular weight is 311 g/mol. The van der Waals surface area contributed by atoms with Crippen molar-refractivity contribution in [3.8, 4) is 0 Å². The van der Waals surface area contributed by atoms with Crippen molar-refractivity contribution in [2.24, 2.45) is 10.2 Å². The zero-order chi connectivity index (χ0) is 15.3. The van der Waals surface area contributed by atoms with Gasteiger partial charge in [-0.3, -0.25) is 0 Å². The first-order valence-corrected chi connectivity index (χ1v) is 7.65. The fourth-order valence-corrected chi connectivity index (χ4v) is 2.54. The molecular weight excluding hydrogens is 294 g/mol. The number of aliphatic hydroxyl groups excluding tert-OH is 1. The average Bonchev–Trinajstić information content (AvgIpc) is 2.91. The van der Waals surface area contributed by atoms with E-state index in [1.165, 1.54) is 11.3 Å². The molecule has 2 rings (SSSR count). The molecule has 0 aromatic carbocycles. The second-order valence-corrected chi connectivity index (χ2v) is 5.44. The van der Waals surface area contributed by atoms with Crippen LogP contribution in [0.15, 0.2) is 33.4 Å². The van der Waals surface area contributed by atoms with Crippen molar-refractivity contribution in [2.75, 3.05) is 0 Å². The maximum absolute atomic E-state index is 12.0. The van der Waals surface area contributed by atoms with Gasteiger partial charge in [-0.1, -0.05) is 13.8 Å². The summed E-state index contributed by atoms with van der Waals surface area (Å²) in [6, 6.07) is 0. The summed E-state index contributed by atoms with van der Waals surface area (Å²) in [6.07, 6.45) is 4.10. The Morgan fingerprint density at radius 2 is 2.00 bits per heavy atom. The second-order valence-electron chi connectivity index (χ2n) is 4.57. The molecule has 1 aromatic rings. The van der Waals surface area contributed by atoms with E-state index in [0.717, 1.165) is 12.8 Å². The Morgan fingerprint density at radius 3 is 2.52 bits per heavy atom. The van der Waals surface area contributed by atoms with Crippen LogP contribution < -0.4 is 0 Å². The molecule has 8 heteroatoms. The number of carbonyl (C=O) groups is 1. The minimum Gasteiger partial charge on any atom is -0.479 e. The van der Waals surface area contributed by atoms with Crippen LogP contribution in [-0.4, -0.2) is 21.8 Å². The molecule has 0 radical (unpaired) electrons. The monoisotopic (exact) mass is 311 g/mol. The van der Waals surface area contributed by atoms with Gasteiger partial charge >= 0.3 is 11.9 Å². The Morgan fingerprint density at radius 1 is 1.29 bits per heavy atom. The van der Waals surface area contributed by atoms with Crippen molar-refractivity contribution in [2.45, 2.75) is 45.3 Å². The molecule has 0 bridgehead atoms. The number of esters is 1. The van der Waals surface area contributed by atoms with Crippen molar-refractivity contribution >= 4 is 22.4 Å². The van der Waals surface area contributed by atoms with Gasteiger partial charge in [-0.25, -0.2) is 9.78 Å². The number of thiazole rings is 1. The van der Waals surface area contributed by atoms with E-state index in [1.54, 1.807) is 11.6 Å². The van der Waals surface area contributed by atoms with Crippen LogP contribution in [0, 0.1) is 0 Å². The number of hydrogen-bond acceptors (Lipinski definition) is 8. The lowest BCUT2D eigenvalue weighted by Gasteiger charge is -2.35. The highest BCUT2D eigenvalue weighted by Gasteiger charge is 2.43. The lowest BCUT2D eigenvalue weighted by Crippen LogP contribution is -2.42. The largest absolute Gasteiger partial charge is 0.479 e. The molecule has 0 atom stereocenters. The van der Waals surface area contributed by atoms with Crippen LogP contribution in [-0.2, 0) is 14.3 Å². The SMILES string of the molecule is CCCC1(CCC)OC(=O)C(N=Nc2nccs2)=C(O)O1. The van der Waals surface area contributed by atoms with Gasteiger partial charge in [0.05, 0.1) is 0 Å². The van der Waals surface area contributed by atoms with Gasteiger partial charge in [0, 0.05) is 24.4 Å². The third kappa shape index (κ3) is 3.57. The standard InChI is InChI=1S/C13H17N3O4S/c1-3-5-13(6-4-2)19-10(17)9(11(18)20-13)15-16-12-14-7-8-21-12/h7-8,17H,3-6H2,1-2H3. The molecule has 0 saturated heterocycles. The Balaban J connectivity index is 2.21. The molecular formula is C13H17N3O4S. The summed E-state index contributed by atoms with van der Waals surface area (Å²) in [4.78, 5) is 15.9. The second kappa shape index (κ2) is 6.66. The molecule has 0 amide bonds. The van der Waals surface area contributed by atoms with E-state index in [4.69, 9.17) is 9.47 Å². The Labute approximate surface area is 126 Å². The fraction of sp³-hybridized carbons (Fsp3) is 0.538. The van der Waals surface area contributed by atoms with Gasteiger partial charge in [-0.2, -0.15) is 0 Å². The van der Waals surface area contributed by atoms with E-state index in [2.05, 4.69) is 15.2 Å². The van der Waals surface area contributed by atoms with Gasteiger partial charge < -0.3 is 14.6 Å². The number of rotatable bonds is 6. The number of hydrogen-bond donors (Lipinski definition) is 1. The summed E-state index contributed by atoms with van der Waals surface area (Å²) >= 11 is 1.26. The molecule has 0 unspecified atom stereocenters. The van der Waals surface area contributed by atoms with E-state index >= 15 is 0 Å². The Hall–Kier alpha value is -1.96. The fourth-order valence-electron chi connectivity index (χ4n) is 2.08. The molecule has 2 heterocycles. The predicted octanol–water partition coefficient (Wildman–Crippen LogP) is 3.82. The van der Waals surface area contributed by atoms with E-state index < -0.39 is 17.7 Å². The minimum atomic E-state index is -1.11. The summed E-state index contributed by atoms with van der Waals surface area (Å²) in [7, 11) is 0. The maximum Gasteiger partial charge on any atom is 0.369 e. The summed E-state index contributed by atoms with van der Waals surface area (Å²) in [5.74, 6) is -2.39. The molecule has 1 N–H and O–H groups in total. The van der Waals surface area contributed by atoms with Crippen molar-refractivity contribution < 1.29 is 19.4 Å². The summed E-state index contributed by atoms with van der Waals surface area (Å²) in [5, 5.41) is 19.5. The molecule has 0 fully saturated rings. The molecule has 114 valence electrons. The number of aromatic nitrogens is 1. The van der Waals surface area contributed by atoms with Gasteiger partial charge in [0.2, 0.25) is 5.13 Å². The zero-order valence-corrected chi connectivity index (χ0v) is 12.7. The van der Waals surface area contributed by atoms with Crippen LogP contribution in [0.3, 0.4) is 0 Å². The van der Waals surface area contributed by atoms with Crippen LogP contribution in [0.4, 0.5) is 5.13 Å². The van der Waals surface area contributed by atoms with E-state index in [-0.39, 0.29) is 5.70 Å². The van der Waals surface area contributed by atoms with Crippen LogP contribution in [0.1, 0.15) is 39.5 Å². The molecule has 0 aliphatic carbocycles. The number of cyclic esters (lactones) is 1. The van der Waals surface area contributed by atoms with Gasteiger partial charge in [-0.05, 0) is 12.8 Å². The summed E-state index contributed by atoms with van der Waals surface area (Å²) in [5.41, 5.74) is -0.340. The molecule has 0 saturated carbocycles. The first-order valence-electron chi connectivity index (χ1n) is 6.77. The highest BCUT2D eigenvalue weighted by molar-refractivity contribution is 7.13. The van der Waals surface area contributed by atoms with Gasteiger partial charge in [0.1, 0.15) is 0 Å². The lowest BCUT2D eigenvalue weighted by atomic mass is 10.0. The zero-order valence-electron chi connectivity index (χ0n) is 11.9. The topological polar surface area (TPSA) is 93.4 Å². The number of ether oxygens (including phenoxy) is 2. The summed E-state index contributed by atoms with van der Waals surface area (Å²) < 4.78 is 10.8. The summed E-state index contributed by atoms with van der Waals surface area (Å²) in [6.45, 7) is 3.90.